The Morgan fingerprint density at radius 3 is 2.67 bits per heavy atom. The Morgan fingerprint density at radius 2 is 1.93 bits per heavy atom. The minimum absolute atomic E-state index is 0.0248. The SMILES string of the molecule is N[C@@H](CC(=O)N1CCC[C@H]1COc1ccc(F)cc1)Cc1ccccc1F. The van der Waals surface area contributed by atoms with E-state index in [2.05, 4.69) is 0 Å². The molecule has 0 saturated carbocycles. The van der Waals surface area contributed by atoms with E-state index in [4.69, 9.17) is 10.5 Å². The Bertz CT molecular complexity index is 767. The Kier molecular flexibility index (Phi) is 6.40. The molecule has 1 fully saturated rings. The lowest BCUT2D eigenvalue weighted by Gasteiger charge is -2.26. The number of halogens is 2. The second kappa shape index (κ2) is 8.95. The van der Waals surface area contributed by atoms with Crippen LogP contribution >= 0.6 is 0 Å². The molecule has 27 heavy (non-hydrogen) atoms. The maximum absolute atomic E-state index is 13.7. The van der Waals surface area contributed by atoms with Gasteiger partial charge in [-0.15, -0.1) is 0 Å². The number of hydrogen-bond acceptors (Lipinski definition) is 3. The molecule has 2 atom stereocenters. The molecule has 4 nitrogen and oxygen atoms in total. The highest BCUT2D eigenvalue weighted by Gasteiger charge is 2.30. The summed E-state index contributed by atoms with van der Waals surface area (Å²) in [5.74, 6) is -0.0768. The van der Waals surface area contributed by atoms with Gasteiger partial charge in [0.25, 0.3) is 0 Å². The first-order chi connectivity index (χ1) is 13.0. The fourth-order valence-corrected chi connectivity index (χ4v) is 3.42. The molecular weight excluding hydrogens is 350 g/mol. The Hall–Kier alpha value is -2.47. The molecule has 0 unspecified atom stereocenters. The van der Waals surface area contributed by atoms with Crippen molar-refractivity contribution in [3.05, 3.63) is 65.7 Å². The minimum atomic E-state index is -0.436. The first-order valence-electron chi connectivity index (χ1n) is 9.20. The van der Waals surface area contributed by atoms with Crippen molar-refractivity contribution in [3.8, 4) is 5.75 Å². The van der Waals surface area contributed by atoms with Crippen molar-refractivity contribution in [1.82, 2.24) is 4.90 Å². The van der Waals surface area contributed by atoms with Crippen LogP contribution in [0.5, 0.6) is 5.75 Å². The molecule has 1 aliphatic rings. The number of hydrogen-bond donors (Lipinski definition) is 1. The summed E-state index contributed by atoms with van der Waals surface area (Å²) < 4.78 is 32.4. The maximum atomic E-state index is 13.7. The second-order valence-corrected chi connectivity index (χ2v) is 6.91. The molecule has 2 aromatic rings. The van der Waals surface area contributed by atoms with E-state index in [1.54, 1.807) is 35.2 Å². The van der Waals surface area contributed by atoms with Crippen LogP contribution < -0.4 is 10.5 Å². The molecule has 0 spiro atoms. The molecule has 0 aromatic heterocycles. The van der Waals surface area contributed by atoms with Crippen molar-refractivity contribution in [2.75, 3.05) is 13.2 Å². The third-order valence-electron chi connectivity index (χ3n) is 4.83. The second-order valence-electron chi connectivity index (χ2n) is 6.91. The number of likely N-dealkylation sites (tertiary alicyclic amines) is 1. The van der Waals surface area contributed by atoms with Crippen molar-refractivity contribution in [2.24, 2.45) is 5.73 Å². The first-order valence-corrected chi connectivity index (χ1v) is 9.20. The zero-order valence-electron chi connectivity index (χ0n) is 15.1. The van der Waals surface area contributed by atoms with Crippen molar-refractivity contribution in [2.45, 2.75) is 37.8 Å². The zero-order valence-corrected chi connectivity index (χ0v) is 15.1. The lowest BCUT2D eigenvalue weighted by Crippen LogP contribution is -2.42. The van der Waals surface area contributed by atoms with Crippen molar-refractivity contribution in [3.63, 3.8) is 0 Å². The van der Waals surface area contributed by atoms with Crippen LogP contribution in [0, 0.1) is 11.6 Å². The van der Waals surface area contributed by atoms with Gasteiger partial charge < -0.3 is 15.4 Å². The summed E-state index contributed by atoms with van der Waals surface area (Å²) in [6.45, 7) is 1.03. The topological polar surface area (TPSA) is 55.6 Å². The summed E-state index contributed by atoms with van der Waals surface area (Å²) in [5, 5.41) is 0. The van der Waals surface area contributed by atoms with Gasteiger partial charge in [-0.1, -0.05) is 18.2 Å². The van der Waals surface area contributed by atoms with Gasteiger partial charge in [-0.3, -0.25) is 4.79 Å². The number of nitrogens with two attached hydrogens (primary N) is 1. The molecule has 1 saturated heterocycles. The number of benzene rings is 2. The smallest absolute Gasteiger partial charge is 0.224 e. The van der Waals surface area contributed by atoms with Crippen LogP contribution in [0.25, 0.3) is 0 Å². The highest BCUT2D eigenvalue weighted by molar-refractivity contribution is 5.77. The van der Waals surface area contributed by atoms with Gasteiger partial charge in [-0.25, -0.2) is 8.78 Å². The largest absolute Gasteiger partial charge is 0.491 e. The van der Waals surface area contributed by atoms with Crippen LogP contribution in [0.1, 0.15) is 24.8 Å². The predicted octanol–water partition coefficient (Wildman–Crippen LogP) is 3.29. The zero-order chi connectivity index (χ0) is 19.2. The summed E-state index contributed by atoms with van der Waals surface area (Å²) in [6.07, 6.45) is 2.26. The summed E-state index contributed by atoms with van der Waals surface area (Å²) in [6, 6.07) is 11.8. The van der Waals surface area contributed by atoms with Gasteiger partial charge >= 0.3 is 0 Å². The van der Waals surface area contributed by atoms with Crippen molar-refractivity contribution >= 4 is 5.91 Å². The summed E-state index contributed by atoms with van der Waals surface area (Å²) >= 11 is 0. The summed E-state index contributed by atoms with van der Waals surface area (Å²) in [4.78, 5) is 14.4. The molecule has 1 heterocycles. The van der Waals surface area contributed by atoms with Gasteiger partial charge in [0.2, 0.25) is 5.91 Å². The fraction of sp³-hybridized carbons (Fsp3) is 0.381. The average Bonchev–Trinajstić information content (AvgIpc) is 3.12. The van der Waals surface area contributed by atoms with Crippen LogP contribution in [0.2, 0.25) is 0 Å². The van der Waals surface area contributed by atoms with E-state index >= 15 is 0 Å². The van der Waals surface area contributed by atoms with Crippen LogP contribution in [0.4, 0.5) is 8.78 Å². The molecule has 0 aliphatic carbocycles. The summed E-state index contributed by atoms with van der Waals surface area (Å²) in [5.41, 5.74) is 6.61. The van der Waals surface area contributed by atoms with E-state index in [1.165, 1.54) is 18.2 Å². The molecule has 6 heteroatoms. The van der Waals surface area contributed by atoms with Gasteiger partial charge in [-0.05, 0) is 55.2 Å². The van der Waals surface area contributed by atoms with E-state index < -0.39 is 6.04 Å². The quantitative estimate of drug-likeness (QED) is 0.809. The number of ether oxygens (including phenoxy) is 1. The fourth-order valence-electron chi connectivity index (χ4n) is 3.42. The lowest BCUT2D eigenvalue weighted by atomic mass is 10.0. The summed E-state index contributed by atoms with van der Waals surface area (Å²) in [7, 11) is 0. The monoisotopic (exact) mass is 374 g/mol. The molecule has 0 bridgehead atoms. The Morgan fingerprint density at radius 1 is 1.19 bits per heavy atom. The van der Waals surface area contributed by atoms with Crippen LogP contribution in [-0.4, -0.2) is 36.0 Å². The highest BCUT2D eigenvalue weighted by atomic mass is 19.1. The number of nitrogens with zero attached hydrogens (tertiary/aromatic N) is 1. The normalized spacial score (nSPS) is 17.7. The first kappa shape index (κ1) is 19.3. The third kappa shape index (κ3) is 5.26. The molecular formula is C21H24F2N2O2. The van der Waals surface area contributed by atoms with Gasteiger partial charge in [0.1, 0.15) is 24.0 Å². The maximum Gasteiger partial charge on any atom is 0.224 e. The predicted molar refractivity (Wildman–Crippen MR) is 99.3 cm³/mol. The van der Waals surface area contributed by atoms with E-state index in [-0.39, 0.29) is 30.0 Å². The van der Waals surface area contributed by atoms with Gasteiger partial charge in [-0.2, -0.15) is 0 Å². The van der Waals surface area contributed by atoms with E-state index in [0.29, 0.717) is 30.9 Å². The molecule has 0 radical (unpaired) electrons. The Labute approximate surface area is 157 Å². The van der Waals surface area contributed by atoms with Gasteiger partial charge in [0.15, 0.2) is 0 Å². The van der Waals surface area contributed by atoms with Crippen LogP contribution in [-0.2, 0) is 11.2 Å². The van der Waals surface area contributed by atoms with E-state index in [1.807, 2.05) is 0 Å². The standard InChI is InChI=1S/C21H24F2N2O2/c22-16-7-9-19(10-8-16)27-14-18-5-3-11-25(18)21(26)13-17(24)12-15-4-1-2-6-20(15)23/h1-2,4,6-10,17-18H,3,5,11-14,24H2/t17-,18+/m1/s1. The number of carbonyl (C=O) groups excluding carboxylic acids is 1. The van der Waals surface area contributed by atoms with Gasteiger partial charge in [0.05, 0.1) is 6.04 Å². The number of carbonyl (C=O) groups is 1. The van der Waals surface area contributed by atoms with E-state index in [0.717, 1.165) is 12.8 Å². The van der Waals surface area contributed by atoms with E-state index in [9.17, 15) is 13.6 Å². The Balaban J connectivity index is 1.52. The number of amides is 1. The van der Waals surface area contributed by atoms with Crippen molar-refractivity contribution < 1.29 is 18.3 Å². The third-order valence-corrected chi connectivity index (χ3v) is 4.83. The molecule has 144 valence electrons. The molecule has 1 amide bonds. The van der Waals surface area contributed by atoms with Crippen LogP contribution in [0.15, 0.2) is 48.5 Å². The minimum Gasteiger partial charge on any atom is -0.491 e. The lowest BCUT2D eigenvalue weighted by molar-refractivity contribution is -0.132. The molecule has 1 aliphatic heterocycles. The molecule has 2 N–H and O–H groups in total. The molecule has 3 rings (SSSR count). The average molecular weight is 374 g/mol. The van der Waals surface area contributed by atoms with Crippen LogP contribution in [0.3, 0.4) is 0 Å². The molecule has 2 aromatic carbocycles. The van der Waals surface area contributed by atoms with Gasteiger partial charge in [0, 0.05) is 19.0 Å². The highest BCUT2D eigenvalue weighted by Crippen LogP contribution is 2.21. The van der Waals surface area contributed by atoms with Crippen molar-refractivity contribution in [1.29, 1.82) is 0 Å². The number of rotatable bonds is 7.